The molecule has 0 unspecified atom stereocenters. The van der Waals surface area contributed by atoms with E-state index in [9.17, 15) is 9.59 Å². The van der Waals surface area contributed by atoms with E-state index < -0.39 is 11.6 Å². The van der Waals surface area contributed by atoms with Crippen molar-refractivity contribution in [3.8, 4) is 17.2 Å². The van der Waals surface area contributed by atoms with Crippen LogP contribution in [0.25, 0.3) is 16.6 Å². The largest absolute Gasteiger partial charge is 0.457 e. The van der Waals surface area contributed by atoms with Gasteiger partial charge in [0, 0.05) is 30.1 Å². The Morgan fingerprint density at radius 1 is 1.00 bits per heavy atom. The van der Waals surface area contributed by atoms with Gasteiger partial charge in [-0.25, -0.2) is 9.07 Å². The normalized spacial score (nSPS) is 13.4. The molecule has 1 aliphatic heterocycles. The van der Waals surface area contributed by atoms with Crippen LogP contribution in [0.5, 0.6) is 11.5 Å². The molecule has 10 nitrogen and oxygen atoms in total. The van der Waals surface area contributed by atoms with Crippen LogP contribution in [0.1, 0.15) is 26.4 Å². The van der Waals surface area contributed by atoms with Gasteiger partial charge in [-0.2, -0.15) is 5.10 Å². The fourth-order valence-electron chi connectivity index (χ4n) is 5.27. The maximum Gasteiger partial charge on any atom is 0.254 e. The number of morpholine rings is 1. The van der Waals surface area contributed by atoms with Gasteiger partial charge < -0.3 is 29.4 Å². The minimum absolute atomic E-state index is 0.0115. The molecule has 0 saturated carbocycles. The summed E-state index contributed by atoms with van der Waals surface area (Å²) in [7, 11) is 0.203. The highest BCUT2D eigenvalue weighted by atomic mass is 32.2. The number of anilines is 1. The molecule has 1 saturated heterocycles. The molecule has 6 rings (SSSR count). The summed E-state index contributed by atoms with van der Waals surface area (Å²) in [5.74, 6) is 0.649. The number of carbonyl (C=O) groups is 2. The Hall–Kier alpha value is -4.65. The number of amides is 1. The number of nitrogen functional groups attached to an aromatic ring is 1. The molecule has 2 aromatic heterocycles. The van der Waals surface area contributed by atoms with Crippen molar-refractivity contribution < 1.29 is 28.2 Å². The summed E-state index contributed by atoms with van der Waals surface area (Å²) in [6, 6.07) is 20.5. The number of rotatable bonds is 11. The number of fused-ring (bicyclic) bond motifs is 1. The van der Waals surface area contributed by atoms with Crippen molar-refractivity contribution in [2.45, 2.75) is 6.73 Å². The molecule has 46 heavy (non-hydrogen) atoms. The molecule has 0 radical (unpaired) electrons. The van der Waals surface area contributed by atoms with E-state index in [0.717, 1.165) is 11.3 Å². The first kappa shape index (κ1) is 31.3. The van der Waals surface area contributed by atoms with Crippen molar-refractivity contribution >= 4 is 39.3 Å². The van der Waals surface area contributed by atoms with Crippen LogP contribution in [0.2, 0.25) is 0 Å². The molecular weight excluding hydrogens is 609 g/mol. The fraction of sp³-hybridized carbons (Fsp3) is 0.265. The van der Waals surface area contributed by atoms with Gasteiger partial charge in [-0.05, 0) is 59.4 Å². The summed E-state index contributed by atoms with van der Waals surface area (Å²) in [4.78, 5) is 29.0. The second-order valence-electron chi connectivity index (χ2n) is 11.1. The van der Waals surface area contributed by atoms with Gasteiger partial charge in [-0.15, -0.1) is 0 Å². The Balaban J connectivity index is 1.30. The van der Waals surface area contributed by atoms with Crippen molar-refractivity contribution in [1.82, 2.24) is 19.2 Å². The summed E-state index contributed by atoms with van der Waals surface area (Å²) in [5.41, 5.74) is 8.19. The number of benzene rings is 3. The van der Waals surface area contributed by atoms with Gasteiger partial charge in [0.2, 0.25) is 5.78 Å². The van der Waals surface area contributed by atoms with E-state index in [-0.39, 0.29) is 40.6 Å². The van der Waals surface area contributed by atoms with Crippen LogP contribution in [-0.2, 0) is 27.1 Å². The van der Waals surface area contributed by atoms with Crippen LogP contribution in [0.4, 0.5) is 10.2 Å². The molecule has 12 heteroatoms. The standard InChI is InChI=1S/C34H34FN5O5S/c1-46(2)17-16-44-22-39-29-10-8-23(34(42)38-12-14-43-15-13-38)18-24(29)19-31(39)32(41)27-21-37-40(33(27)36)30-11-9-26(20-28(30)35)45-25-6-4-3-5-7-25/h3-11,18-21H,12-17,22H2,1-2H3,(H-,36,37,41)/p+1. The number of hydrogen-bond acceptors (Lipinski definition) is 7. The average Bonchev–Trinajstić information content (AvgIpc) is 3.63. The predicted octanol–water partition coefficient (Wildman–Crippen LogP) is 4.90. The van der Waals surface area contributed by atoms with Crippen LogP contribution in [0, 0.1) is 5.82 Å². The van der Waals surface area contributed by atoms with Gasteiger partial charge in [0.15, 0.2) is 5.82 Å². The Kier molecular flexibility index (Phi) is 9.38. The van der Waals surface area contributed by atoms with Crippen molar-refractivity contribution in [3.63, 3.8) is 0 Å². The Labute approximate surface area is 268 Å². The number of para-hydroxylation sites is 1. The zero-order valence-electron chi connectivity index (χ0n) is 25.6. The topological polar surface area (TPSA) is 114 Å². The van der Waals surface area contributed by atoms with E-state index in [1.165, 1.54) is 23.0 Å². The van der Waals surface area contributed by atoms with Gasteiger partial charge in [0.05, 0.1) is 55.3 Å². The van der Waals surface area contributed by atoms with Crippen LogP contribution in [-0.4, -0.2) is 82.1 Å². The first-order valence-electron chi connectivity index (χ1n) is 14.8. The third-order valence-electron chi connectivity index (χ3n) is 7.71. The lowest BCUT2D eigenvalue weighted by atomic mass is 10.1. The molecule has 0 bridgehead atoms. The van der Waals surface area contributed by atoms with E-state index in [2.05, 4.69) is 17.6 Å². The quantitative estimate of drug-likeness (QED) is 0.124. The monoisotopic (exact) mass is 644 g/mol. The number of nitrogens with two attached hydrogens (primary N) is 1. The average molecular weight is 645 g/mol. The predicted molar refractivity (Wildman–Crippen MR) is 177 cm³/mol. The smallest absolute Gasteiger partial charge is 0.254 e. The first-order valence-corrected chi connectivity index (χ1v) is 17.0. The second kappa shape index (κ2) is 13.8. The van der Waals surface area contributed by atoms with Crippen molar-refractivity contribution in [3.05, 3.63) is 102 Å². The molecule has 5 aromatic rings. The molecule has 1 aliphatic rings. The van der Waals surface area contributed by atoms with E-state index >= 15 is 4.39 Å². The lowest BCUT2D eigenvalue weighted by Crippen LogP contribution is -2.40. The van der Waals surface area contributed by atoms with Crippen LogP contribution >= 0.6 is 0 Å². The number of aromatic nitrogens is 3. The van der Waals surface area contributed by atoms with Crippen molar-refractivity contribution in [2.24, 2.45) is 0 Å². The zero-order valence-corrected chi connectivity index (χ0v) is 26.5. The second-order valence-corrected chi connectivity index (χ2v) is 13.5. The maximum atomic E-state index is 15.3. The minimum Gasteiger partial charge on any atom is -0.457 e. The summed E-state index contributed by atoms with van der Waals surface area (Å²) in [6.07, 6.45) is 5.62. The molecule has 1 fully saturated rings. The molecule has 1 amide bonds. The van der Waals surface area contributed by atoms with E-state index in [1.54, 1.807) is 45.9 Å². The number of nitrogens with zero attached hydrogens (tertiary/aromatic N) is 4. The molecule has 2 N–H and O–H groups in total. The van der Waals surface area contributed by atoms with E-state index in [4.69, 9.17) is 19.9 Å². The summed E-state index contributed by atoms with van der Waals surface area (Å²) < 4.78 is 35.4. The maximum absolute atomic E-state index is 15.3. The first-order chi connectivity index (χ1) is 22.3. The lowest BCUT2D eigenvalue weighted by Gasteiger charge is -2.26. The van der Waals surface area contributed by atoms with Crippen LogP contribution in [0.15, 0.2) is 79.0 Å². The van der Waals surface area contributed by atoms with Gasteiger partial charge in [-0.3, -0.25) is 9.59 Å². The van der Waals surface area contributed by atoms with Gasteiger partial charge in [-0.1, -0.05) is 18.2 Å². The summed E-state index contributed by atoms with van der Waals surface area (Å²) >= 11 is 0. The van der Waals surface area contributed by atoms with E-state index in [0.29, 0.717) is 61.1 Å². The Morgan fingerprint density at radius 2 is 1.78 bits per heavy atom. The molecule has 0 aliphatic carbocycles. The number of hydrogen-bond donors (Lipinski definition) is 1. The summed E-state index contributed by atoms with van der Waals surface area (Å²) in [6.45, 7) is 2.71. The third kappa shape index (κ3) is 6.64. The van der Waals surface area contributed by atoms with Gasteiger partial charge >= 0.3 is 0 Å². The van der Waals surface area contributed by atoms with Gasteiger partial charge in [0.25, 0.3) is 5.91 Å². The lowest BCUT2D eigenvalue weighted by molar-refractivity contribution is 0.0303. The summed E-state index contributed by atoms with van der Waals surface area (Å²) in [5, 5.41) is 4.98. The third-order valence-corrected chi connectivity index (χ3v) is 8.70. The number of halogens is 1. The Morgan fingerprint density at radius 3 is 2.52 bits per heavy atom. The molecular formula is C34H35FN5O5S+. The molecule has 3 aromatic carbocycles. The van der Waals surface area contributed by atoms with Crippen LogP contribution < -0.4 is 10.5 Å². The highest BCUT2D eigenvalue weighted by Gasteiger charge is 2.25. The van der Waals surface area contributed by atoms with E-state index in [1.807, 2.05) is 24.3 Å². The highest BCUT2D eigenvalue weighted by molar-refractivity contribution is 7.95. The minimum atomic E-state index is -0.618. The number of carbonyl (C=O) groups excluding carboxylic acids is 2. The van der Waals surface area contributed by atoms with Crippen molar-refractivity contribution in [2.75, 3.05) is 56.9 Å². The fourth-order valence-corrected chi connectivity index (χ4v) is 5.72. The highest BCUT2D eigenvalue weighted by Crippen LogP contribution is 2.29. The molecule has 0 spiro atoms. The SMILES string of the molecule is C[S+](C)CCOCn1c(C(=O)c2cnn(-c3ccc(Oc4ccccc4)cc3F)c2N)cc2cc(C(=O)N3CCOCC3)ccc21. The number of ketones is 1. The molecule has 3 heterocycles. The number of ether oxygens (including phenoxy) is 3. The zero-order chi connectivity index (χ0) is 32.2. The van der Waals surface area contributed by atoms with Gasteiger partial charge in [0.1, 0.15) is 35.5 Å². The Bertz CT molecular complexity index is 1870. The molecule has 0 atom stereocenters. The molecule has 238 valence electrons. The van der Waals surface area contributed by atoms with Crippen LogP contribution in [0.3, 0.4) is 0 Å². The van der Waals surface area contributed by atoms with Crippen molar-refractivity contribution in [1.29, 1.82) is 0 Å².